The van der Waals surface area contributed by atoms with Gasteiger partial charge < -0.3 is 10.6 Å². The van der Waals surface area contributed by atoms with Gasteiger partial charge in [-0.1, -0.05) is 29.8 Å². The Balaban J connectivity index is 1.80. The molecule has 0 spiro atoms. The fourth-order valence-corrected chi connectivity index (χ4v) is 4.34. The predicted molar refractivity (Wildman–Crippen MR) is 83.1 cm³/mol. The van der Waals surface area contributed by atoms with Crippen LogP contribution in [0.5, 0.6) is 0 Å². The van der Waals surface area contributed by atoms with Gasteiger partial charge in [0.25, 0.3) is 0 Å². The molecular weight excluding hydrogens is 312 g/mol. The average Bonchev–Trinajstić information content (AvgIpc) is 2.75. The quantitative estimate of drug-likeness (QED) is 0.853. The Morgan fingerprint density at radius 2 is 2.14 bits per heavy atom. The summed E-state index contributed by atoms with van der Waals surface area (Å²) >= 11 is 6.10. The fourth-order valence-electron chi connectivity index (χ4n) is 2.37. The molecule has 2 N–H and O–H groups in total. The Labute approximate surface area is 130 Å². The highest BCUT2D eigenvalue weighted by molar-refractivity contribution is 7.91. The predicted octanol–water partition coefficient (Wildman–Crippen LogP) is 1.29. The van der Waals surface area contributed by atoms with Crippen molar-refractivity contribution in [3.63, 3.8) is 0 Å². The molecule has 1 aliphatic heterocycles. The number of carbonyl (C=O) groups is 1. The zero-order valence-electron chi connectivity index (χ0n) is 11.8. The molecule has 116 valence electrons. The summed E-state index contributed by atoms with van der Waals surface area (Å²) in [5.74, 6) is -0.00349. The van der Waals surface area contributed by atoms with Crippen molar-refractivity contribution in [2.24, 2.45) is 0 Å². The summed E-state index contributed by atoms with van der Waals surface area (Å²) in [5, 5.41) is 6.48. The van der Waals surface area contributed by atoms with Crippen LogP contribution in [0.1, 0.15) is 24.9 Å². The van der Waals surface area contributed by atoms with Crippen LogP contribution in [0.15, 0.2) is 24.3 Å². The zero-order valence-corrected chi connectivity index (χ0v) is 13.4. The van der Waals surface area contributed by atoms with Crippen molar-refractivity contribution in [1.82, 2.24) is 10.6 Å². The number of rotatable bonds is 5. The molecular formula is C14H19ClN2O3S. The van der Waals surface area contributed by atoms with E-state index in [4.69, 9.17) is 11.6 Å². The van der Waals surface area contributed by atoms with E-state index in [0.717, 1.165) is 5.56 Å². The first kappa shape index (κ1) is 16.3. The monoisotopic (exact) mass is 330 g/mol. The molecule has 5 nitrogen and oxygen atoms in total. The first-order chi connectivity index (χ1) is 9.87. The lowest BCUT2D eigenvalue weighted by molar-refractivity contribution is -0.120. The third kappa shape index (κ3) is 4.69. The molecule has 7 heteroatoms. The van der Waals surface area contributed by atoms with E-state index in [-0.39, 0.29) is 36.0 Å². The number of hydrogen-bond donors (Lipinski definition) is 2. The van der Waals surface area contributed by atoms with Crippen LogP contribution in [0.2, 0.25) is 5.02 Å². The number of amides is 1. The number of hydrogen-bond acceptors (Lipinski definition) is 4. The van der Waals surface area contributed by atoms with E-state index in [0.29, 0.717) is 11.4 Å². The zero-order chi connectivity index (χ0) is 15.5. The third-order valence-electron chi connectivity index (χ3n) is 3.54. The van der Waals surface area contributed by atoms with Crippen LogP contribution >= 0.6 is 11.6 Å². The number of carbonyl (C=O) groups excluding carboxylic acids is 1. The second-order valence-corrected chi connectivity index (χ2v) is 7.93. The minimum Gasteiger partial charge on any atom is -0.351 e. The van der Waals surface area contributed by atoms with Gasteiger partial charge in [0.15, 0.2) is 9.84 Å². The Hall–Kier alpha value is -1.11. The lowest BCUT2D eigenvalue weighted by atomic mass is 10.1. The van der Waals surface area contributed by atoms with E-state index < -0.39 is 9.84 Å². The molecule has 21 heavy (non-hydrogen) atoms. The van der Waals surface area contributed by atoms with Crippen molar-refractivity contribution in [3.05, 3.63) is 34.9 Å². The van der Waals surface area contributed by atoms with Crippen molar-refractivity contribution in [2.75, 3.05) is 18.1 Å². The molecule has 1 aromatic carbocycles. The highest BCUT2D eigenvalue weighted by atomic mass is 35.5. The topological polar surface area (TPSA) is 75.3 Å². The normalized spacial score (nSPS) is 21.9. The lowest BCUT2D eigenvalue weighted by Crippen LogP contribution is -2.41. The van der Waals surface area contributed by atoms with Crippen molar-refractivity contribution >= 4 is 27.3 Å². The van der Waals surface area contributed by atoms with Gasteiger partial charge in [-0.15, -0.1) is 0 Å². The number of nitrogens with one attached hydrogen (secondary N) is 2. The van der Waals surface area contributed by atoms with Gasteiger partial charge in [-0.2, -0.15) is 0 Å². The highest BCUT2D eigenvalue weighted by Crippen LogP contribution is 2.21. The van der Waals surface area contributed by atoms with E-state index in [2.05, 4.69) is 10.6 Å². The van der Waals surface area contributed by atoms with Gasteiger partial charge in [-0.05, 0) is 25.0 Å². The van der Waals surface area contributed by atoms with Crippen LogP contribution in [-0.4, -0.2) is 38.4 Å². The average molecular weight is 331 g/mol. The Morgan fingerprint density at radius 1 is 1.43 bits per heavy atom. The maximum absolute atomic E-state index is 11.8. The minimum absolute atomic E-state index is 0.0405. The molecule has 2 rings (SSSR count). The highest BCUT2D eigenvalue weighted by Gasteiger charge is 2.28. The van der Waals surface area contributed by atoms with E-state index in [9.17, 15) is 13.2 Å². The van der Waals surface area contributed by atoms with Crippen molar-refractivity contribution < 1.29 is 13.2 Å². The molecule has 0 saturated carbocycles. The van der Waals surface area contributed by atoms with Crippen LogP contribution in [0.4, 0.5) is 0 Å². The van der Waals surface area contributed by atoms with Crippen LogP contribution in [0, 0.1) is 0 Å². The first-order valence-electron chi connectivity index (χ1n) is 6.85. The number of sulfone groups is 1. The van der Waals surface area contributed by atoms with Gasteiger partial charge in [0.05, 0.1) is 18.1 Å². The SMILES string of the molecule is C[C@H](NCC(=O)N[C@@H]1CCS(=O)(=O)C1)c1ccccc1Cl. The van der Waals surface area contributed by atoms with Crippen molar-refractivity contribution in [3.8, 4) is 0 Å². The Morgan fingerprint density at radius 3 is 2.76 bits per heavy atom. The smallest absolute Gasteiger partial charge is 0.234 e. The molecule has 1 aliphatic rings. The maximum atomic E-state index is 11.8. The largest absolute Gasteiger partial charge is 0.351 e. The summed E-state index contributed by atoms with van der Waals surface area (Å²) < 4.78 is 22.7. The summed E-state index contributed by atoms with van der Waals surface area (Å²) in [5.41, 5.74) is 0.926. The van der Waals surface area contributed by atoms with Crippen LogP contribution in [-0.2, 0) is 14.6 Å². The van der Waals surface area contributed by atoms with Crippen LogP contribution < -0.4 is 10.6 Å². The van der Waals surface area contributed by atoms with Crippen molar-refractivity contribution in [1.29, 1.82) is 0 Å². The Kier molecular flexibility index (Phi) is 5.24. The Bertz CT molecular complexity index is 618. The molecule has 0 radical (unpaired) electrons. The van der Waals surface area contributed by atoms with E-state index >= 15 is 0 Å². The lowest BCUT2D eigenvalue weighted by Gasteiger charge is -2.16. The molecule has 0 bridgehead atoms. The third-order valence-corrected chi connectivity index (χ3v) is 5.65. The molecule has 1 fully saturated rings. The molecule has 0 aromatic heterocycles. The molecule has 1 heterocycles. The van der Waals surface area contributed by atoms with E-state index in [1.54, 1.807) is 6.07 Å². The minimum atomic E-state index is -2.97. The number of halogens is 1. The molecule has 0 unspecified atom stereocenters. The van der Waals surface area contributed by atoms with Gasteiger partial charge in [-0.25, -0.2) is 8.42 Å². The van der Waals surface area contributed by atoms with Gasteiger partial charge in [-0.3, -0.25) is 4.79 Å². The molecule has 1 amide bonds. The molecule has 1 aromatic rings. The van der Waals surface area contributed by atoms with Gasteiger partial charge in [0.1, 0.15) is 0 Å². The fraction of sp³-hybridized carbons (Fsp3) is 0.500. The summed E-state index contributed by atoms with van der Waals surface area (Å²) in [4.78, 5) is 11.8. The molecule has 2 atom stereocenters. The van der Waals surface area contributed by atoms with E-state index in [1.165, 1.54) is 0 Å². The maximum Gasteiger partial charge on any atom is 0.234 e. The summed E-state index contributed by atoms with van der Waals surface area (Å²) in [6.07, 6.45) is 0.494. The first-order valence-corrected chi connectivity index (χ1v) is 9.05. The second kappa shape index (κ2) is 6.77. The van der Waals surface area contributed by atoms with Crippen LogP contribution in [0.3, 0.4) is 0 Å². The van der Waals surface area contributed by atoms with Crippen LogP contribution in [0.25, 0.3) is 0 Å². The second-order valence-electron chi connectivity index (χ2n) is 5.29. The van der Waals surface area contributed by atoms with Crippen molar-refractivity contribution in [2.45, 2.75) is 25.4 Å². The standard InChI is InChI=1S/C14H19ClN2O3S/c1-10(12-4-2-3-5-13(12)15)16-8-14(18)17-11-6-7-21(19,20)9-11/h2-5,10-11,16H,6-9H2,1H3,(H,17,18)/t10-,11+/m0/s1. The summed E-state index contributed by atoms with van der Waals surface area (Å²) in [6, 6.07) is 7.13. The van der Waals surface area contributed by atoms with Gasteiger partial charge in [0.2, 0.25) is 5.91 Å². The number of benzene rings is 1. The van der Waals surface area contributed by atoms with Gasteiger partial charge >= 0.3 is 0 Å². The molecule has 0 aliphatic carbocycles. The van der Waals surface area contributed by atoms with Gasteiger partial charge in [0, 0.05) is 17.1 Å². The summed E-state index contributed by atoms with van der Waals surface area (Å²) in [7, 11) is -2.97. The summed E-state index contributed by atoms with van der Waals surface area (Å²) in [6.45, 7) is 2.05. The van der Waals surface area contributed by atoms with E-state index in [1.807, 2.05) is 25.1 Å². The molecule has 1 saturated heterocycles.